The molecule has 2 N–H and O–H groups in total. The molecule has 1 atom stereocenters. The lowest BCUT2D eigenvalue weighted by Gasteiger charge is -2.23. The number of aromatic nitrogens is 2. The fourth-order valence-electron chi connectivity index (χ4n) is 3.47. The monoisotopic (exact) mass is 325 g/mol. The topological polar surface area (TPSA) is 58.0 Å². The molecule has 2 heterocycles. The van der Waals surface area contributed by atoms with E-state index in [1.54, 1.807) is 12.4 Å². The quantitative estimate of drug-likeness (QED) is 0.871. The molecule has 0 amide bonds. The number of aryl methyl sites for hydroxylation is 1. The number of phenols is 1. The minimum Gasteiger partial charge on any atom is -0.508 e. The van der Waals surface area contributed by atoms with E-state index in [9.17, 15) is 5.11 Å². The van der Waals surface area contributed by atoms with Gasteiger partial charge in [-0.3, -0.25) is 0 Å². The number of hydrogen-bond donors (Lipinski definition) is 2. The highest BCUT2D eigenvalue weighted by Crippen LogP contribution is 2.30. The van der Waals surface area contributed by atoms with Crippen LogP contribution < -0.4 is 5.32 Å². The summed E-state index contributed by atoms with van der Waals surface area (Å²) in [7, 11) is 0. The van der Waals surface area contributed by atoms with E-state index in [4.69, 9.17) is 0 Å². The van der Waals surface area contributed by atoms with Gasteiger partial charge in [0.15, 0.2) is 0 Å². The maximum Gasteiger partial charge on any atom is 0.116 e. The summed E-state index contributed by atoms with van der Waals surface area (Å²) >= 11 is 0. The van der Waals surface area contributed by atoms with Crippen LogP contribution in [-0.4, -0.2) is 27.7 Å². The summed E-state index contributed by atoms with van der Waals surface area (Å²) in [5, 5.41) is 13.8. The highest BCUT2D eigenvalue weighted by molar-refractivity contribution is 5.65. The van der Waals surface area contributed by atoms with Crippen LogP contribution in [0.2, 0.25) is 0 Å². The van der Waals surface area contributed by atoms with E-state index in [1.807, 2.05) is 12.3 Å². The number of nitrogens with zero attached hydrogens (tertiary/aromatic N) is 2. The Kier molecular flexibility index (Phi) is 5.46. The number of nitrogens with one attached hydrogen (secondary N) is 1. The first-order valence-electron chi connectivity index (χ1n) is 9.00. The second-order valence-corrected chi connectivity index (χ2v) is 7.06. The molecule has 1 aromatic heterocycles. The molecule has 0 saturated carbocycles. The lowest BCUT2D eigenvalue weighted by atomic mass is 9.94. The smallest absolute Gasteiger partial charge is 0.116 e. The lowest BCUT2D eigenvalue weighted by molar-refractivity contribution is 0.382. The number of aromatic hydroxyl groups is 1. The first kappa shape index (κ1) is 16.9. The molecule has 0 bridgehead atoms. The van der Waals surface area contributed by atoms with E-state index in [1.165, 1.54) is 24.8 Å². The van der Waals surface area contributed by atoms with Crippen molar-refractivity contribution in [1.82, 2.24) is 15.3 Å². The average molecular weight is 325 g/mol. The van der Waals surface area contributed by atoms with Gasteiger partial charge in [0, 0.05) is 17.8 Å². The Bertz CT molecular complexity index is 678. The third-order valence-corrected chi connectivity index (χ3v) is 4.81. The second-order valence-electron chi connectivity index (χ2n) is 7.06. The van der Waals surface area contributed by atoms with Crippen molar-refractivity contribution in [3.63, 3.8) is 0 Å². The molecule has 128 valence electrons. The zero-order valence-electron chi connectivity index (χ0n) is 14.6. The largest absolute Gasteiger partial charge is 0.508 e. The van der Waals surface area contributed by atoms with Crippen LogP contribution in [0.25, 0.3) is 11.3 Å². The Balaban J connectivity index is 1.81. The van der Waals surface area contributed by atoms with Crippen molar-refractivity contribution >= 4 is 0 Å². The Labute approximate surface area is 144 Å². The first-order valence-corrected chi connectivity index (χ1v) is 9.00. The zero-order valence-corrected chi connectivity index (χ0v) is 14.6. The van der Waals surface area contributed by atoms with Crippen LogP contribution >= 0.6 is 0 Å². The third kappa shape index (κ3) is 4.12. The minimum absolute atomic E-state index is 0.312. The third-order valence-electron chi connectivity index (χ3n) is 4.81. The van der Waals surface area contributed by atoms with Crippen LogP contribution in [0.4, 0.5) is 0 Å². The minimum atomic E-state index is 0.312. The molecule has 1 aliphatic heterocycles. The zero-order chi connectivity index (χ0) is 16.9. The molecule has 24 heavy (non-hydrogen) atoms. The predicted octanol–water partition coefficient (Wildman–Crippen LogP) is 4.05. The molecule has 0 radical (unpaired) electrons. The second kappa shape index (κ2) is 7.75. The number of phenolic OH excluding ortho intramolecular Hbond substituents is 1. The number of rotatable bonds is 5. The summed E-state index contributed by atoms with van der Waals surface area (Å²) in [4.78, 5) is 8.62. The Morgan fingerprint density at radius 1 is 1.25 bits per heavy atom. The summed E-state index contributed by atoms with van der Waals surface area (Å²) < 4.78 is 0. The van der Waals surface area contributed by atoms with Crippen molar-refractivity contribution < 1.29 is 5.11 Å². The molecular weight excluding hydrogens is 298 g/mol. The predicted molar refractivity (Wildman–Crippen MR) is 97.2 cm³/mol. The molecule has 4 heteroatoms. The molecule has 4 nitrogen and oxygen atoms in total. The molecular formula is C20H27N3O. The van der Waals surface area contributed by atoms with E-state index >= 15 is 0 Å². The van der Waals surface area contributed by atoms with Crippen LogP contribution in [-0.2, 0) is 6.42 Å². The van der Waals surface area contributed by atoms with E-state index in [0.717, 1.165) is 36.2 Å². The normalized spacial score (nSPS) is 18.0. The van der Waals surface area contributed by atoms with E-state index in [-0.39, 0.29) is 0 Å². The van der Waals surface area contributed by atoms with E-state index in [2.05, 4.69) is 35.2 Å². The van der Waals surface area contributed by atoms with Crippen LogP contribution in [0.3, 0.4) is 0 Å². The van der Waals surface area contributed by atoms with Crippen LogP contribution in [0.15, 0.2) is 30.7 Å². The molecule has 1 unspecified atom stereocenters. The fraction of sp³-hybridized carbons (Fsp3) is 0.500. The van der Waals surface area contributed by atoms with Gasteiger partial charge in [-0.25, -0.2) is 9.97 Å². The highest BCUT2D eigenvalue weighted by Gasteiger charge is 2.14. The van der Waals surface area contributed by atoms with Crippen LogP contribution in [0.5, 0.6) is 5.75 Å². The summed E-state index contributed by atoms with van der Waals surface area (Å²) in [6, 6.07) is 6.45. The molecule has 3 rings (SSSR count). The Morgan fingerprint density at radius 3 is 2.88 bits per heavy atom. The maximum absolute atomic E-state index is 10.2. The molecule has 1 saturated heterocycles. The molecule has 2 aromatic rings. The van der Waals surface area contributed by atoms with Gasteiger partial charge in [-0.15, -0.1) is 0 Å². The van der Waals surface area contributed by atoms with Gasteiger partial charge in [0.1, 0.15) is 12.1 Å². The number of piperidine rings is 1. The van der Waals surface area contributed by atoms with Gasteiger partial charge in [0.2, 0.25) is 0 Å². The van der Waals surface area contributed by atoms with Crippen molar-refractivity contribution in [1.29, 1.82) is 0 Å². The van der Waals surface area contributed by atoms with Crippen LogP contribution in [0.1, 0.15) is 56.6 Å². The van der Waals surface area contributed by atoms with Gasteiger partial charge in [0.05, 0.1) is 5.69 Å². The van der Waals surface area contributed by atoms with Gasteiger partial charge >= 0.3 is 0 Å². The molecule has 0 spiro atoms. The summed E-state index contributed by atoms with van der Waals surface area (Å²) in [6.07, 6.45) is 9.42. The molecule has 1 fully saturated rings. The van der Waals surface area contributed by atoms with Crippen molar-refractivity contribution in [2.45, 2.75) is 57.9 Å². The van der Waals surface area contributed by atoms with Gasteiger partial charge in [-0.1, -0.05) is 20.3 Å². The number of benzene rings is 1. The summed E-state index contributed by atoms with van der Waals surface area (Å²) in [5.74, 6) is 0.658. The van der Waals surface area contributed by atoms with Gasteiger partial charge < -0.3 is 10.4 Å². The van der Waals surface area contributed by atoms with Crippen molar-refractivity contribution in [3.05, 3.63) is 41.9 Å². The van der Waals surface area contributed by atoms with Crippen molar-refractivity contribution in [2.75, 3.05) is 6.54 Å². The molecule has 1 aliphatic rings. The SMILES string of the molecule is CC(C)c1cncnc1-c1cc(O)cc(CCC2CCCCN2)c1. The number of hydrogen-bond acceptors (Lipinski definition) is 4. The van der Waals surface area contributed by atoms with Crippen LogP contribution in [0, 0.1) is 0 Å². The highest BCUT2D eigenvalue weighted by atomic mass is 16.3. The summed E-state index contributed by atoms with van der Waals surface area (Å²) in [6.45, 7) is 5.41. The van der Waals surface area contributed by atoms with Gasteiger partial charge in [0.25, 0.3) is 0 Å². The van der Waals surface area contributed by atoms with Gasteiger partial charge in [-0.05, 0) is 67.5 Å². The fourth-order valence-corrected chi connectivity index (χ4v) is 3.47. The maximum atomic E-state index is 10.2. The van der Waals surface area contributed by atoms with Crippen molar-refractivity contribution in [3.8, 4) is 17.0 Å². The molecule has 1 aromatic carbocycles. The lowest BCUT2D eigenvalue weighted by Crippen LogP contribution is -2.34. The van der Waals surface area contributed by atoms with Gasteiger partial charge in [-0.2, -0.15) is 0 Å². The molecule has 0 aliphatic carbocycles. The van der Waals surface area contributed by atoms with E-state index in [0.29, 0.717) is 17.7 Å². The average Bonchev–Trinajstić information content (AvgIpc) is 2.60. The first-order chi connectivity index (χ1) is 11.6. The Hall–Kier alpha value is -1.94. The Morgan fingerprint density at radius 2 is 2.12 bits per heavy atom. The van der Waals surface area contributed by atoms with Crippen molar-refractivity contribution in [2.24, 2.45) is 0 Å². The standard InChI is InChI=1S/C20H27N3O/c1-14(2)19-12-21-13-23-20(19)16-9-15(10-18(24)11-16)6-7-17-5-3-4-8-22-17/h9-14,17,22,24H,3-8H2,1-2H3. The summed E-state index contributed by atoms with van der Waals surface area (Å²) in [5.41, 5.74) is 4.19. The van der Waals surface area contributed by atoms with E-state index < -0.39 is 0 Å².